The summed E-state index contributed by atoms with van der Waals surface area (Å²) in [6.07, 6.45) is 4.34. The van der Waals surface area contributed by atoms with Crippen molar-refractivity contribution in [3.8, 4) is 11.1 Å². The summed E-state index contributed by atoms with van der Waals surface area (Å²) < 4.78 is 0. The number of pyridine rings is 1. The van der Waals surface area contributed by atoms with Crippen LogP contribution in [0.5, 0.6) is 0 Å². The van der Waals surface area contributed by atoms with Crippen LogP contribution >= 0.6 is 0 Å². The Kier molecular flexibility index (Phi) is 8.25. The highest BCUT2D eigenvalue weighted by atomic mass is 16.4. The lowest BCUT2D eigenvalue weighted by Gasteiger charge is -2.47. The Morgan fingerprint density at radius 1 is 1.10 bits per heavy atom. The zero-order chi connectivity index (χ0) is 28.2. The summed E-state index contributed by atoms with van der Waals surface area (Å²) in [6.45, 7) is 6.29. The van der Waals surface area contributed by atoms with Crippen molar-refractivity contribution in [2.75, 3.05) is 6.54 Å². The van der Waals surface area contributed by atoms with Crippen LogP contribution in [0, 0.1) is 0 Å². The van der Waals surface area contributed by atoms with Gasteiger partial charge in [0.15, 0.2) is 0 Å². The van der Waals surface area contributed by atoms with Gasteiger partial charge < -0.3 is 26.2 Å². The van der Waals surface area contributed by atoms with E-state index >= 15 is 0 Å². The van der Waals surface area contributed by atoms with Gasteiger partial charge in [-0.1, -0.05) is 60.7 Å². The maximum Gasteiger partial charge on any atom is 0.402 e. The largest absolute Gasteiger partial charge is 0.465 e. The first-order chi connectivity index (χ1) is 18.5. The van der Waals surface area contributed by atoms with Crippen LogP contribution in [-0.4, -0.2) is 44.4 Å². The number of hydrogen-bond acceptors (Lipinski definition) is 4. The first kappa shape index (κ1) is 28.1. The number of nitrogens with two attached hydrogens (primary N) is 1. The summed E-state index contributed by atoms with van der Waals surface area (Å²) in [7, 11) is 0. The Morgan fingerprint density at radius 3 is 2.23 bits per heavy atom. The minimum Gasteiger partial charge on any atom is -0.465 e. The van der Waals surface area contributed by atoms with Crippen molar-refractivity contribution < 1.29 is 19.8 Å². The van der Waals surface area contributed by atoms with Crippen LogP contribution in [0.1, 0.15) is 75.2 Å². The SMILES string of the molecule is C[C@@H](c1ccc(-c2ccc(C3CC3)nc2)cc1)N1CC[C@](CC(C)(C)O)(c2ccccc2)NC1=O.NC(=O)O. The minimum absolute atomic E-state index is 0.0599. The molecular formula is C31H38N4O4. The monoisotopic (exact) mass is 530 g/mol. The predicted octanol–water partition coefficient (Wildman–Crippen LogP) is 5.78. The van der Waals surface area contributed by atoms with Gasteiger partial charge >= 0.3 is 12.1 Å². The van der Waals surface area contributed by atoms with Crippen LogP contribution in [0.4, 0.5) is 9.59 Å². The normalized spacial score (nSPS) is 19.9. The molecule has 2 atom stereocenters. The molecule has 1 saturated heterocycles. The van der Waals surface area contributed by atoms with Crippen LogP contribution in [0.2, 0.25) is 0 Å². The molecule has 206 valence electrons. The summed E-state index contributed by atoms with van der Waals surface area (Å²) in [5.74, 6) is 0.659. The highest BCUT2D eigenvalue weighted by Gasteiger charge is 2.43. The molecule has 0 unspecified atom stereocenters. The number of nitrogens with one attached hydrogen (secondary N) is 1. The Bertz CT molecular complexity index is 1260. The second kappa shape index (κ2) is 11.5. The van der Waals surface area contributed by atoms with Crippen molar-refractivity contribution >= 4 is 12.1 Å². The molecule has 39 heavy (non-hydrogen) atoms. The molecule has 2 aromatic carbocycles. The maximum absolute atomic E-state index is 13.4. The van der Waals surface area contributed by atoms with E-state index in [9.17, 15) is 9.90 Å². The van der Waals surface area contributed by atoms with Crippen LogP contribution in [0.15, 0.2) is 72.9 Å². The Balaban J connectivity index is 0.000000826. The van der Waals surface area contributed by atoms with E-state index in [1.807, 2.05) is 41.4 Å². The minimum atomic E-state index is -1.33. The number of nitrogens with zero attached hydrogens (tertiary/aromatic N) is 2. The number of rotatable bonds is 7. The average molecular weight is 531 g/mol. The second-order valence-electron chi connectivity index (χ2n) is 11.2. The van der Waals surface area contributed by atoms with Gasteiger partial charge in [0.05, 0.1) is 17.2 Å². The van der Waals surface area contributed by atoms with Crippen molar-refractivity contribution in [1.82, 2.24) is 15.2 Å². The number of aromatic nitrogens is 1. The number of hydrogen-bond donors (Lipinski definition) is 4. The molecule has 2 heterocycles. The van der Waals surface area contributed by atoms with Gasteiger partial charge in [0.2, 0.25) is 0 Å². The molecule has 5 N–H and O–H groups in total. The van der Waals surface area contributed by atoms with Gasteiger partial charge in [-0.3, -0.25) is 4.98 Å². The van der Waals surface area contributed by atoms with Crippen molar-refractivity contribution in [2.45, 2.75) is 69.6 Å². The highest BCUT2D eigenvalue weighted by Crippen LogP contribution is 2.40. The van der Waals surface area contributed by atoms with Gasteiger partial charge in [0, 0.05) is 36.3 Å². The van der Waals surface area contributed by atoms with Gasteiger partial charge in [-0.05, 0) is 62.8 Å². The predicted molar refractivity (Wildman–Crippen MR) is 151 cm³/mol. The Hall–Kier alpha value is -3.91. The van der Waals surface area contributed by atoms with Gasteiger partial charge in [-0.15, -0.1) is 0 Å². The van der Waals surface area contributed by atoms with E-state index in [2.05, 4.69) is 59.4 Å². The standard InChI is InChI=1S/C30H35N3O2.CH3NO2/c1-21(22-9-11-23(12-10-22)25-15-16-27(31-19-25)24-13-14-24)33-18-17-30(32-28(33)34,20-29(2,3)35)26-7-5-4-6-8-26;2-1(3)4/h4-12,15-16,19,21,24,35H,13-14,17-18,20H2,1-3H3,(H,32,34);2H2,(H,3,4)/t21-,30-;/m0./s1. The lowest BCUT2D eigenvalue weighted by molar-refractivity contribution is 0.0221. The van der Waals surface area contributed by atoms with Crippen LogP contribution in [0.25, 0.3) is 11.1 Å². The number of urea groups is 1. The third-order valence-corrected chi connectivity index (χ3v) is 7.42. The summed E-state index contributed by atoms with van der Waals surface area (Å²) >= 11 is 0. The molecule has 8 nitrogen and oxygen atoms in total. The van der Waals surface area contributed by atoms with Crippen molar-refractivity contribution in [3.05, 3.63) is 89.7 Å². The smallest absolute Gasteiger partial charge is 0.402 e. The number of primary amides is 1. The van der Waals surface area contributed by atoms with Crippen LogP contribution in [-0.2, 0) is 5.54 Å². The van der Waals surface area contributed by atoms with E-state index in [-0.39, 0.29) is 12.1 Å². The number of aliphatic hydroxyl groups is 1. The van der Waals surface area contributed by atoms with E-state index in [1.165, 1.54) is 18.5 Å². The fraction of sp³-hybridized carbons (Fsp3) is 0.387. The molecule has 1 aliphatic heterocycles. The molecule has 3 amide bonds. The molecule has 2 fully saturated rings. The second-order valence-corrected chi connectivity index (χ2v) is 11.2. The fourth-order valence-corrected chi connectivity index (χ4v) is 5.40. The molecule has 8 heteroatoms. The molecule has 1 saturated carbocycles. The number of amides is 3. The fourth-order valence-electron chi connectivity index (χ4n) is 5.40. The molecule has 5 rings (SSSR count). The van der Waals surface area contributed by atoms with Crippen LogP contribution < -0.4 is 11.1 Å². The zero-order valence-corrected chi connectivity index (χ0v) is 22.8. The third kappa shape index (κ3) is 7.15. The molecular weight excluding hydrogens is 492 g/mol. The Labute approximate surface area is 229 Å². The number of carbonyl (C=O) groups is 2. The van der Waals surface area contributed by atoms with E-state index in [1.54, 1.807) is 13.8 Å². The summed E-state index contributed by atoms with van der Waals surface area (Å²) in [5, 5.41) is 21.1. The summed E-state index contributed by atoms with van der Waals surface area (Å²) in [6, 6.07) is 22.6. The summed E-state index contributed by atoms with van der Waals surface area (Å²) in [4.78, 5) is 28.7. The molecule has 2 aliphatic rings. The topological polar surface area (TPSA) is 129 Å². The first-order valence-electron chi connectivity index (χ1n) is 13.4. The van der Waals surface area contributed by atoms with E-state index in [0.29, 0.717) is 18.9 Å². The zero-order valence-electron chi connectivity index (χ0n) is 22.8. The lowest BCUT2D eigenvalue weighted by atomic mass is 9.77. The highest BCUT2D eigenvalue weighted by molar-refractivity contribution is 5.77. The molecule has 0 bridgehead atoms. The third-order valence-electron chi connectivity index (χ3n) is 7.42. The average Bonchev–Trinajstić information content (AvgIpc) is 3.74. The maximum atomic E-state index is 13.4. The van der Waals surface area contributed by atoms with Gasteiger partial charge in [0.1, 0.15) is 0 Å². The first-order valence-corrected chi connectivity index (χ1v) is 13.4. The van der Waals surface area contributed by atoms with Crippen molar-refractivity contribution in [2.24, 2.45) is 5.73 Å². The molecule has 3 aromatic rings. The van der Waals surface area contributed by atoms with E-state index in [4.69, 9.17) is 9.90 Å². The van der Waals surface area contributed by atoms with Crippen LogP contribution in [0.3, 0.4) is 0 Å². The Morgan fingerprint density at radius 2 is 1.72 bits per heavy atom. The summed E-state index contributed by atoms with van der Waals surface area (Å²) in [5.41, 5.74) is 8.12. The molecule has 1 aliphatic carbocycles. The van der Waals surface area contributed by atoms with Crippen molar-refractivity contribution in [3.63, 3.8) is 0 Å². The van der Waals surface area contributed by atoms with E-state index in [0.717, 1.165) is 28.7 Å². The van der Waals surface area contributed by atoms with E-state index < -0.39 is 17.2 Å². The quantitative estimate of drug-likeness (QED) is 0.308. The van der Waals surface area contributed by atoms with Gasteiger partial charge in [-0.2, -0.15) is 0 Å². The number of carbonyl (C=O) groups excluding carboxylic acids is 1. The molecule has 0 spiro atoms. The lowest BCUT2D eigenvalue weighted by Crippen LogP contribution is -2.60. The number of benzene rings is 2. The molecule has 1 aromatic heterocycles. The van der Waals surface area contributed by atoms with Gasteiger partial charge in [-0.25, -0.2) is 9.59 Å². The van der Waals surface area contributed by atoms with Gasteiger partial charge in [0.25, 0.3) is 0 Å². The molecule has 0 radical (unpaired) electrons. The number of carboxylic acid groups (broad SMARTS) is 1. The van der Waals surface area contributed by atoms with Crippen molar-refractivity contribution in [1.29, 1.82) is 0 Å².